The first-order valence-corrected chi connectivity index (χ1v) is 16.4. The number of hydrogen-bond acceptors (Lipinski definition) is 9. The van der Waals surface area contributed by atoms with Crippen molar-refractivity contribution in [2.75, 3.05) is 33.0 Å². The average Bonchev–Trinajstić information content (AvgIpc) is 3.05. The molecule has 0 bridgehead atoms. The van der Waals surface area contributed by atoms with Crippen LogP contribution in [0.25, 0.3) is 17.0 Å². The summed E-state index contributed by atoms with van der Waals surface area (Å²) in [7, 11) is 0. The van der Waals surface area contributed by atoms with E-state index in [1.807, 2.05) is 6.07 Å². The van der Waals surface area contributed by atoms with E-state index < -0.39 is 84.4 Å². The van der Waals surface area contributed by atoms with E-state index in [9.17, 15) is 37.9 Å². The summed E-state index contributed by atoms with van der Waals surface area (Å²) in [5.41, 5.74) is -1.50. The number of nitrogens with zero attached hydrogens (tertiary/aromatic N) is 2. The van der Waals surface area contributed by atoms with Crippen LogP contribution < -0.4 is 16.0 Å². The summed E-state index contributed by atoms with van der Waals surface area (Å²) >= 11 is 0. The Morgan fingerprint density at radius 2 is 1.72 bits per heavy atom. The van der Waals surface area contributed by atoms with E-state index >= 15 is 0 Å². The summed E-state index contributed by atoms with van der Waals surface area (Å²) in [6.45, 7) is 9.01. The molecular formula is C35H47F2N5O8. The van der Waals surface area contributed by atoms with Gasteiger partial charge in [-0.2, -0.15) is 0 Å². The van der Waals surface area contributed by atoms with Crippen LogP contribution in [0.3, 0.4) is 0 Å². The number of carboxylic acids is 1. The number of hydrogen-bond donors (Lipinski definition) is 4. The fraction of sp³-hybridized carbons (Fsp3) is 0.543. The molecule has 1 aromatic carbocycles. The molecule has 0 aliphatic carbocycles. The lowest BCUT2D eigenvalue weighted by molar-refractivity contribution is -0.168. The number of aliphatic carboxylic acids is 1. The lowest BCUT2D eigenvalue weighted by atomic mass is 9.89. The molecule has 50 heavy (non-hydrogen) atoms. The van der Waals surface area contributed by atoms with E-state index in [1.54, 1.807) is 65.8 Å². The molecule has 0 unspecified atom stereocenters. The molecular weight excluding hydrogens is 656 g/mol. The standard InChI is InChI=1S/C35H47F2N5O8/c1-20(2)28(29(43)39-22(4)30(44)42-15-14-38-27(17-42)31(45)46)49-32(47)35(18-36,19-37)13-12-23-8-9-24-10-11-25(41-26(24)16-23)21(3)40-33(48)50-34(5,6)7/h8-13,16,20-22,27-28,38H,14-15,17-19H2,1-7H3,(H,39,43)(H,40,48)(H,45,46)/b13-12+/t21-,22+,27+,28+/m1/s1. The number of amides is 3. The quantitative estimate of drug-likeness (QED) is 0.225. The normalized spacial score (nSPS) is 17.2. The molecule has 4 N–H and O–H groups in total. The third kappa shape index (κ3) is 10.4. The topological polar surface area (TPSA) is 176 Å². The molecule has 1 saturated heterocycles. The number of rotatable bonds is 13. The Balaban J connectivity index is 1.74. The average molecular weight is 704 g/mol. The molecule has 3 amide bonds. The summed E-state index contributed by atoms with van der Waals surface area (Å²) in [6.07, 6.45) is 0.325. The smallest absolute Gasteiger partial charge is 0.408 e. The highest BCUT2D eigenvalue weighted by Crippen LogP contribution is 2.28. The predicted octanol–water partition coefficient (Wildman–Crippen LogP) is 3.72. The van der Waals surface area contributed by atoms with Crippen LogP contribution in [0.15, 0.2) is 36.4 Å². The van der Waals surface area contributed by atoms with Gasteiger partial charge in [-0.25, -0.2) is 13.6 Å². The molecule has 4 atom stereocenters. The second-order valence-corrected chi connectivity index (χ2v) is 13.7. The maximum atomic E-state index is 14.5. The van der Waals surface area contributed by atoms with Crippen molar-refractivity contribution >= 4 is 46.8 Å². The van der Waals surface area contributed by atoms with Crippen molar-refractivity contribution in [2.24, 2.45) is 11.3 Å². The van der Waals surface area contributed by atoms with Crippen LogP contribution in [0, 0.1) is 11.3 Å². The number of piperazine rings is 1. The molecule has 1 aromatic heterocycles. The first-order valence-electron chi connectivity index (χ1n) is 16.4. The van der Waals surface area contributed by atoms with Crippen LogP contribution >= 0.6 is 0 Å². The summed E-state index contributed by atoms with van der Waals surface area (Å²) in [5.74, 6) is -4.43. The Labute approximate surface area is 290 Å². The predicted molar refractivity (Wildman–Crippen MR) is 181 cm³/mol. The number of aromatic nitrogens is 1. The van der Waals surface area contributed by atoms with Crippen LogP contribution in [0.1, 0.15) is 65.8 Å². The third-order valence-corrected chi connectivity index (χ3v) is 8.01. The lowest BCUT2D eigenvalue weighted by Gasteiger charge is -2.34. The van der Waals surface area contributed by atoms with Gasteiger partial charge < -0.3 is 35.4 Å². The molecule has 1 aliphatic rings. The van der Waals surface area contributed by atoms with Crippen LogP contribution in [0.5, 0.6) is 0 Å². The Morgan fingerprint density at radius 1 is 1.06 bits per heavy atom. The zero-order valence-electron chi connectivity index (χ0n) is 29.4. The fourth-order valence-electron chi connectivity index (χ4n) is 5.08. The fourth-order valence-corrected chi connectivity index (χ4v) is 5.08. The van der Waals surface area contributed by atoms with Gasteiger partial charge in [0.2, 0.25) is 5.91 Å². The van der Waals surface area contributed by atoms with Crippen molar-refractivity contribution in [1.29, 1.82) is 0 Å². The zero-order valence-corrected chi connectivity index (χ0v) is 29.4. The van der Waals surface area contributed by atoms with Crippen molar-refractivity contribution in [2.45, 2.75) is 78.3 Å². The van der Waals surface area contributed by atoms with E-state index in [0.29, 0.717) is 16.8 Å². The van der Waals surface area contributed by atoms with E-state index in [2.05, 4.69) is 20.9 Å². The highest BCUT2D eigenvalue weighted by Gasteiger charge is 2.42. The van der Waals surface area contributed by atoms with E-state index in [0.717, 1.165) is 11.5 Å². The third-order valence-electron chi connectivity index (χ3n) is 8.01. The van der Waals surface area contributed by atoms with Gasteiger partial charge in [-0.3, -0.25) is 24.2 Å². The Morgan fingerprint density at radius 3 is 2.32 bits per heavy atom. The minimum absolute atomic E-state index is 0.0995. The molecule has 2 heterocycles. The van der Waals surface area contributed by atoms with Crippen molar-refractivity contribution in [3.8, 4) is 0 Å². The Kier molecular flexibility index (Phi) is 13.4. The highest BCUT2D eigenvalue weighted by molar-refractivity contribution is 5.92. The number of alkyl carbamates (subject to hydrolysis) is 1. The first kappa shape index (κ1) is 39.8. The highest BCUT2D eigenvalue weighted by atomic mass is 19.1. The number of carbonyl (C=O) groups excluding carboxylic acids is 4. The Bertz CT molecular complexity index is 1590. The van der Waals surface area contributed by atoms with Crippen molar-refractivity contribution in [3.63, 3.8) is 0 Å². The number of benzene rings is 1. The molecule has 2 aromatic rings. The van der Waals surface area contributed by atoms with Gasteiger partial charge in [0.15, 0.2) is 6.10 Å². The first-order chi connectivity index (χ1) is 23.4. The molecule has 0 saturated carbocycles. The largest absolute Gasteiger partial charge is 0.480 e. The Hall–Kier alpha value is -4.66. The van der Waals surface area contributed by atoms with Gasteiger partial charge in [0.25, 0.3) is 5.91 Å². The minimum atomic E-state index is -2.36. The summed E-state index contributed by atoms with van der Waals surface area (Å²) in [5, 5.41) is 18.0. The van der Waals surface area contributed by atoms with Crippen LogP contribution in [-0.2, 0) is 28.7 Å². The van der Waals surface area contributed by atoms with Crippen molar-refractivity contribution in [3.05, 3.63) is 47.7 Å². The number of esters is 1. The van der Waals surface area contributed by atoms with Crippen LogP contribution in [-0.4, -0.2) is 102 Å². The van der Waals surface area contributed by atoms with Crippen molar-refractivity contribution < 1.29 is 47.3 Å². The molecule has 1 aliphatic heterocycles. The molecule has 3 rings (SSSR count). The van der Waals surface area contributed by atoms with Crippen molar-refractivity contribution in [1.82, 2.24) is 25.8 Å². The summed E-state index contributed by atoms with van der Waals surface area (Å²) in [6, 6.07) is 6.09. The maximum Gasteiger partial charge on any atom is 0.408 e. The van der Waals surface area contributed by atoms with E-state index in [-0.39, 0.29) is 19.6 Å². The second kappa shape index (κ2) is 16.8. The number of ether oxygens (including phenoxy) is 2. The monoisotopic (exact) mass is 703 g/mol. The number of fused-ring (bicyclic) bond motifs is 1. The van der Waals surface area contributed by atoms with E-state index in [1.165, 1.54) is 17.9 Å². The number of nitrogens with one attached hydrogen (secondary N) is 3. The minimum Gasteiger partial charge on any atom is -0.480 e. The van der Waals surface area contributed by atoms with Gasteiger partial charge >= 0.3 is 18.0 Å². The summed E-state index contributed by atoms with van der Waals surface area (Å²) < 4.78 is 39.7. The number of carboxylic acid groups (broad SMARTS) is 1. The van der Waals surface area contributed by atoms with Gasteiger partial charge in [-0.05, 0) is 58.2 Å². The van der Waals surface area contributed by atoms with Gasteiger partial charge in [-0.1, -0.05) is 44.2 Å². The number of halogens is 2. The van der Waals surface area contributed by atoms with Crippen LogP contribution in [0.2, 0.25) is 0 Å². The number of pyridine rings is 1. The molecule has 274 valence electrons. The molecule has 1 fully saturated rings. The zero-order chi connectivity index (χ0) is 37.4. The van der Waals surface area contributed by atoms with Gasteiger partial charge in [0.05, 0.1) is 17.3 Å². The molecule has 0 spiro atoms. The second-order valence-electron chi connectivity index (χ2n) is 13.7. The number of alkyl halides is 2. The number of carbonyl (C=O) groups is 5. The molecule has 0 radical (unpaired) electrons. The summed E-state index contributed by atoms with van der Waals surface area (Å²) in [4.78, 5) is 69.0. The van der Waals surface area contributed by atoms with Gasteiger partial charge in [0, 0.05) is 25.0 Å². The van der Waals surface area contributed by atoms with Crippen LogP contribution in [0.4, 0.5) is 13.6 Å². The van der Waals surface area contributed by atoms with E-state index in [4.69, 9.17) is 9.47 Å². The molecule has 13 nitrogen and oxygen atoms in total. The molecule has 15 heteroatoms. The van der Waals surface area contributed by atoms with Gasteiger partial charge in [0.1, 0.15) is 36.4 Å². The maximum absolute atomic E-state index is 14.5. The lowest BCUT2D eigenvalue weighted by Crippen LogP contribution is -2.59. The SMILES string of the molecule is CC(C)[C@H](OC(=O)C(/C=C/c1ccc2ccc([C@@H](C)NC(=O)OC(C)(C)C)nc2c1)(CF)CF)C(=O)N[C@@H](C)C(=O)N1CCN[C@H](C(=O)O)C1. The van der Waals surface area contributed by atoms with Gasteiger partial charge in [-0.15, -0.1) is 0 Å².